The Labute approximate surface area is 109 Å². The summed E-state index contributed by atoms with van der Waals surface area (Å²) in [6.45, 7) is 6.17. The third-order valence-electron chi connectivity index (χ3n) is 3.22. The number of nitrogens with two attached hydrogens (primary N) is 1. The lowest BCUT2D eigenvalue weighted by Crippen LogP contribution is -2.47. The van der Waals surface area contributed by atoms with E-state index < -0.39 is 12.0 Å². The lowest BCUT2D eigenvalue weighted by molar-refractivity contribution is -0.139. The van der Waals surface area contributed by atoms with Crippen LogP contribution in [0.3, 0.4) is 0 Å². The highest BCUT2D eigenvalue weighted by Crippen LogP contribution is 2.13. The number of amides is 1. The van der Waals surface area contributed by atoms with Gasteiger partial charge in [0.1, 0.15) is 0 Å². The Kier molecular flexibility index (Phi) is 8.37. The van der Waals surface area contributed by atoms with Crippen LogP contribution in [-0.2, 0) is 9.59 Å². The highest BCUT2D eigenvalue weighted by Gasteiger charge is 2.20. The fourth-order valence-electron chi connectivity index (χ4n) is 1.72. The smallest absolute Gasteiger partial charge is 0.305 e. The first-order valence-corrected chi connectivity index (χ1v) is 6.66. The summed E-state index contributed by atoms with van der Waals surface area (Å²) in [7, 11) is 0. The van der Waals surface area contributed by atoms with Gasteiger partial charge in [0.25, 0.3) is 0 Å². The molecule has 0 saturated carbocycles. The van der Waals surface area contributed by atoms with E-state index in [2.05, 4.69) is 19.2 Å². The highest BCUT2D eigenvalue weighted by molar-refractivity contribution is 5.86. The molecule has 0 aliphatic heterocycles. The summed E-state index contributed by atoms with van der Waals surface area (Å²) in [5, 5.41) is 11.3. The second-order valence-corrected chi connectivity index (χ2v) is 4.97. The number of aliphatic carboxylic acids is 1. The van der Waals surface area contributed by atoms with Crippen LogP contribution in [0.15, 0.2) is 0 Å². The molecule has 0 aromatic heterocycles. The van der Waals surface area contributed by atoms with Crippen LogP contribution in [0.5, 0.6) is 0 Å². The number of unbranched alkanes of at least 4 members (excludes halogenated alkanes) is 2. The van der Waals surface area contributed by atoms with Crippen LogP contribution < -0.4 is 11.1 Å². The number of hydrogen-bond donors (Lipinski definition) is 3. The van der Waals surface area contributed by atoms with Crippen molar-refractivity contribution in [1.82, 2.24) is 5.32 Å². The molecule has 3 unspecified atom stereocenters. The van der Waals surface area contributed by atoms with Gasteiger partial charge in [-0.15, -0.1) is 0 Å². The molecule has 18 heavy (non-hydrogen) atoms. The number of carbonyl (C=O) groups excluding carboxylic acids is 1. The molecule has 0 bridgehead atoms. The fourth-order valence-corrected chi connectivity index (χ4v) is 1.72. The average Bonchev–Trinajstić information content (AvgIpc) is 2.28. The molecule has 5 nitrogen and oxygen atoms in total. The van der Waals surface area contributed by atoms with Crippen LogP contribution in [0.2, 0.25) is 0 Å². The van der Waals surface area contributed by atoms with Gasteiger partial charge in [-0.05, 0) is 19.3 Å². The molecule has 3 atom stereocenters. The normalized spacial score (nSPS) is 15.8. The summed E-state index contributed by atoms with van der Waals surface area (Å²) < 4.78 is 0. The van der Waals surface area contributed by atoms with Crippen molar-refractivity contribution in [3.63, 3.8) is 0 Å². The summed E-state index contributed by atoms with van der Waals surface area (Å²) in [6.07, 6.45) is 4.26. The van der Waals surface area contributed by atoms with Crippen molar-refractivity contribution in [2.24, 2.45) is 11.7 Å². The zero-order valence-corrected chi connectivity index (χ0v) is 11.6. The van der Waals surface area contributed by atoms with Gasteiger partial charge in [0, 0.05) is 6.04 Å². The molecule has 0 saturated heterocycles. The van der Waals surface area contributed by atoms with Gasteiger partial charge in [-0.2, -0.15) is 0 Å². The van der Waals surface area contributed by atoms with Crippen molar-refractivity contribution in [2.75, 3.05) is 0 Å². The molecular weight excluding hydrogens is 232 g/mol. The summed E-state index contributed by atoms with van der Waals surface area (Å²) in [6, 6.07) is -0.943. The van der Waals surface area contributed by atoms with Gasteiger partial charge in [0.2, 0.25) is 5.91 Å². The topological polar surface area (TPSA) is 92.4 Å². The molecule has 5 heteroatoms. The Morgan fingerprint density at radius 2 is 1.89 bits per heavy atom. The zero-order valence-electron chi connectivity index (χ0n) is 11.6. The van der Waals surface area contributed by atoms with Gasteiger partial charge >= 0.3 is 5.97 Å². The number of hydrogen-bond acceptors (Lipinski definition) is 3. The van der Waals surface area contributed by atoms with E-state index in [1.807, 2.05) is 6.92 Å². The van der Waals surface area contributed by atoms with Crippen LogP contribution in [-0.4, -0.2) is 29.1 Å². The summed E-state index contributed by atoms with van der Waals surface area (Å²) in [4.78, 5) is 22.1. The van der Waals surface area contributed by atoms with Crippen molar-refractivity contribution < 1.29 is 14.7 Å². The number of carboxylic acid groups (broad SMARTS) is 1. The number of carboxylic acids is 1. The lowest BCUT2D eigenvalue weighted by Gasteiger charge is -2.22. The van der Waals surface area contributed by atoms with E-state index in [0.29, 0.717) is 5.92 Å². The molecule has 0 spiro atoms. The third-order valence-corrected chi connectivity index (χ3v) is 3.22. The quantitative estimate of drug-likeness (QED) is 0.547. The van der Waals surface area contributed by atoms with Crippen molar-refractivity contribution >= 4 is 11.9 Å². The van der Waals surface area contributed by atoms with Crippen molar-refractivity contribution in [3.8, 4) is 0 Å². The van der Waals surface area contributed by atoms with Gasteiger partial charge in [-0.25, -0.2) is 0 Å². The predicted octanol–water partition coefficient (Wildman–Crippen LogP) is 1.51. The molecule has 4 N–H and O–H groups in total. The minimum atomic E-state index is -1.05. The molecule has 0 aromatic carbocycles. The molecule has 0 aliphatic carbocycles. The summed E-state index contributed by atoms with van der Waals surface area (Å²) >= 11 is 0. The predicted molar refractivity (Wildman–Crippen MR) is 71.1 cm³/mol. The monoisotopic (exact) mass is 258 g/mol. The van der Waals surface area contributed by atoms with Gasteiger partial charge in [0.15, 0.2) is 0 Å². The van der Waals surface area contributed by atoms with Crippen LogP contribution in [0.4, 0.5) is 0 Å². The molecule has 0 rings (SSSR count). The van der Waals surface area contributed by atoms with E-state index in [1.165, 1.54) is 12.8 Å². The molecular formula is C13H26N2O3. The second-order valence-electron chi connectivity index (χ2n) is 4.97. The van der Waals surface area contributed by atoms with Crippen molar-refractivity contribution in [2.45, 2.75) is 65.0 Å². The largest absolute Gasteiger partial charge is 0.481 e. The van der Waals surface area contributed by atoms with Gasteiger partial charge in [0.05, 0.1) is 12.5 Å². The maximum absolute atomic E-state index is 11.6. The maximum Gasteiger partial charge on any atom is 0.305 e. The molecule has 0 fully saturated rings. The van der Waals surface area contributed by atoms with Crippen molar-refractivity contribution in [3.05, 3.63) is 0 Å². The van der Waals surface area contributed by atoms with Crippen LogP contribution in [0, 0.1) is 5.92 Å². The summed E-state index contributed by atoms with van der Waals surface area (Å²) in [5.74, 6) is -1.06. The van der Waals surface area contributed by atoms with Gasteiger partial charge in [-0.3, -0.25) is 9.59 Å². The van der Waals surface area contributed by atoms with E-state index >= 15 is 0 Å². The highest BCUT2D eigenvalue weighted by atomic mass is 16.4. The van der Waals surface area contributed by atoms with Crippen LogP contribution >= 0.6 is 0 Å². The summed E-state index contributed by atoms with van der Waals surface area (Å²) in [5.41, 5.74) is 5.50. The van der Waals surface area contributed by atoms with Gasteiger partial charge in [-0.1, -0.05) is 33.1 Å². The Morgan fingerprint density at radius 3 is 2.39 bits per heavy atom. The number of rotatable bonds is 9. The molecule has 0 radical (unpaired) electrons. The molecule has 0 heterocycles. The molecule has 1 amide bonds. The fraction of sp³-hybridized carbons (Fsp3) is 0.846. The average molecular weight is 258 g/mol. The van der Waals surface area contributed by atoms with E-state index in [4.69, 9.17) is 10.8 Å². The van der Waals surface area contributed by atoms with Crippen molar-refractivity contribution in [1.29, 1.82) is 0 Å². The first-order chi connectivity index (χ1) is 8.38. The lowest BCUT2D eigenvalue weighted by atomic mass is 9.96. The Bertz CT molecular complexity index is 269. The minimum absolute atomic E-state index is 0.0224. The van der Waals surface area contributed by atoms with Crippen LogP contribution in [0.25, 0.3) is 0 Å². The number of nitrogens with one attached hydrogen (secondary N) is 1. The standard InChI is InChI=1S/C13H26N2O3/c1-4-5-6-7-9(2)10(3)15-13(18)11(14)8-12(16)17/h9-11H,4-8,14H2,1-3H3,(H,15,18)(H,16,17). The first kappa shape index (κ1) is 16.9. The minimum Gasteiger partial charge on any atom is -0.481 e. The van der Waals surface area contributed by atoms with E-state index in [-0.39, 0.29) is 18.4 Å². The third kappa shape index (κ3) is 7.27. The van der Waals surface area contributed by atoms with E-state index in [0.717, 1.165) is 12.8 Å². The van der Waals surface area contributed by atoms with Crippen LogP contribution in [0.1, 0.15) is 52.9 Å². The Balaban J connectivity index is 4.01. The SMILES string of the molecule is CCCCCC(C)C(C)NC(=O)C(N)CC(=O)O. The molecule has 0 aliphatic rings. The Hall–Kier alpha value is -1.10. The van der Waals surface area contributed by atoms with E-state index in [9.17, 15) is 9.59 Å². The zero-order chi connectivity index (χ0) is 14.1. The van der Waals surface area contributed by atoms with Gasteiger partial charge < -0.3 is 16.2 Å². The second kappa shape index (κ2) is 8.91. The Morgan fingerprint density at radius 1 is 1.28 bits per heavy atom. The number of carbonyl (C=O) groups is 2. The van der Waals surface area contributed by atoms with E-state index in [1.54, 1.807) is 0 Å². The maximum atomic E-state index is 11.6. The molecule has 106 valence electrons. The first-order valence-electron chi connectivity index (χ1n) is 6.66. The molecule has 0 aromatic rings.